The highest BCUT2D eigenvalue weighted by molar-refractivity contribution is 6.00. The predicted octanol–water partition coefficient (Wildman–Crippen LogP) is 1.45. The van der Waals surface area contributed by atoms with Crippen LogP contribution in [0.2, 0.25) is 0 Å². The molecule has 1 N–H and O–H groups in total. The van der Waals surface area contributed by atoms with Crippen molar-refractivity contribution in [2.24, 2.45) is 0 Å². The van der Waals surface area contributed by atoms with Crippen LogP contribution in [-0.4, -0.2) is 22.5 Å². The van der Waals surface area contributed by atoms with E-state index in [9.17, 15) is 14.4 Å². The van der Waals surface area contributed by atoms with Gasteiger partial charge in [-0.1, -0.05) is 0 Å². The molecule has 0 aromatic carbocycles. The number of ketones is 2. The lowest BCUT2D eigenvalue weighted by atomic mass is 10.1. The van der Waals surface area contributed by atoms with Crippen LogP contribution in [-0.2, 0) is 4.79 Å². The Morgan fingerprint density at radius 1 is 1.06 bits per heavy atom. The SMILES string of the molecule is CC(=O)Nc1cc(C(C)=O)cc(C(C)=O)n1. The monoisotopic (exact) mass is 220 g/mol. The Hall–Kier alpha value is -2.04. The molecule has 0 aliphatic rings. The fourth-order valence-electron chi connectivity index (χ4n) is 1.16. The number of hydrogen-bond donors (Lipinski definition) is 1. The average Bonchev–Trinajstić information content (AvgIpc) is 2.15. The summed E-state index contributed by atoms with van der Waals surface area (Å²) in [5.41, 5.74) is 0.514. The third kappa shape index (κ3) is 2.98. The number of carbonyl (C=O) groups excluding carboxylic acids is 3. The van der Waals surface area contributed by atoms with Crippen molar-refractivity contribution in [2.45, 2.75) is 20.8 Å². The van der Waals surface area contributed by atoms with Gasteiger partial charge in [0.1, 0.15) is 11.5 Å². The van der Waals surface area contributed by atoms with Crippen molar-refractivity contribution in [3.63, 3.8) is 0 Å². The summed E-state index contributed by atoms with van der Waals surface area (Å²) in [7, 11) is 0. The summed E-state index contributed by atoms with van der Waals surface area (Å²) in [6, 6.07) is 2.85. The van der Waals surface area contributed by atoms with E-state index in [0.717, 1.165) is 0 Å². The summed E-state index contributed by atoms with van der Waals surface area (Å²) in [5, 5.41) is 2.44. The highest BCUT2D eigenvalue weighted by Crippen LogP contribution is 2.11. The third-order valence-corrected chi connectivity index (χ3v) is 1.90. The largest absolute Gasteiger partial charge is 0.311 e. The minimum absolute atomic E-state index is 0.163. The second-order valence-corrected chi connectivity index (χ2v) is 3.42. The molecule has 0 fully saturated rings. The second kappa shape index (κ2) is 4.65. The quantitative estimate of drug-likeness (QED) is 0.782. The molecule has 0 unspecified atom stereocenters. The summed E-state index contributed by atoms with van der Waals surface area (Å²) < 4.78 is 0. The Bertz CT molecular complexity index is 434. The van der Waals surface area contributed by atoms with Crippen molar-refractivity contribution < 1.29 is 14.4 Å². The van der Waals surface area contributed by atoms with Gasteiger partial charge in [-0.3, -0.25) is 14.4 Å². The van der Waals surface area contributed by atoms with E-state index < -0.39 is 0 Å². The summed E-state index contributed by atoms with van der Waals surface area (Å²) in [4.78, 5) is 37.2. The molecule has 84 valence electrons. The van der Waals surface area contributed by atoms with Crippen molar-refractivity contribution in [3.8, 4) is 0 Å². The number of nitrogens with one attached hydrogen (secondary N) is 1. The first-order valence-corrected chi connectivity index (χ1v) is 4.71. The predicted molar refractivity (Wildman–Crippen MR) is 58.5 cm³/mol. The van der Waals surface area contributed by atoms with Crippen LogP contribution in [0.25, 0.3) is 0 Å². The molecule has 0 aliphatic heterocycles. The lowest BCUT2D eigenvalue weighted by molar-refractivity contribution is -0.114. The van der Waals surface area contributed by atoms with E-state index in [-0.39, 0.29) is 29.0 Å². The summed E-state index contributed by atoms with van der Waals surface area (Å²) >= 11 is 0. The molecule has 1 aromatic rings. The number of nitrogens with zero attached hydrogens (tertiary/aromatic N) is 1. The van der Waals surface area contributed by atoms with Gasteiger partial charge < -0.3 is 5.32 Å². The fraction of sp³-hybridized carbons (Fsp3) is 0.273. The number of anilines is 1. The van der Waals surface area contributed by atoms with Crippen LogP contribution in [0.5, 0.6) is 0 Å². The van der Waals surface area contributed by atoms with Crippen LogP contribution in [0.1, 0.15) is 41.6 Å². The molecule has 1 amide bonds. The molecule has 1 aromatic heterocycles. The molecule has 0 bridgehead atoms. The average molecular weight is 220 g/mol. The Labute approximate surface area is 92.9 Å². The Morgan fingerprint density at radius 3 is 2.12 bits per heavy atom. The van der Waals surface area contributed by atoms with Gasteiger partial charge in [0, 0.05) is 19.4 Å². The molecule has 1 rings (SSSR count). The fourth-order valence-corrected chi connectivity index (χ4v) is 1.16. The lowest BCUT2D eigenvalue weighted by Crippen LogP contribution is -2.11. The lowest BCUT2D eigenvalue weighted by Gasteiger charge is -2.05. The van der Waals surface area contributed by atoms with Crippen LogP contribution in [0, 0.1) is 0 Å². The van der Waals surface area contributed by atoms with Crippen LogP contribution < -0.4 is 5.32 Å². The van der Waals surface area contributed by atoms with E-state index >= 15 is 0 Å². The molecule has 0 radical (unpaired) electrons. The van der Waals surface area contributed by atoms with E-state index in [0.29, 0.717) is 5.56 Å². The van der Waals surface area contributed by atoms with Gasteiger partial charge in [0.05, 0.1) is 0 Å². The van der Waals surface area contributed by atoms with E-state index in [1.165, 1.54) is 32.9 Å². The minimum atomic E-state index is -0.303. The number of rotatable bonds is 3. The number of amides is 1. The molecular formula is C11H12N2O3. The molecule has 0 saturated heterocycles. The van der Waals surface area contributed by atoms with Gasteiger partial charge in [0.2, 0.25) is 5.91 Å². The molecule has 0 spiro atoms. The molecule has 0 aliphatic carbocycles. The number of hydrogen-bond acceptors (Lipinski definition) is 4. The molecule has 5 heteroatoms. The Kier molecular flexibility index (Phi) is 3.50. The van der Waals surface area contributed by atoms with E-state index in [4.69, 9.17) is 0 Å². The van der Waals surface area contributed by atoms with Crippen molar-refractivity contribution in [1.29, 1.82) is 0 Å². The zero-order valence-electron chi connectivity index (χ0n) is 9.33. The molecule has 0 atom stereocenters. The van der Waals surface area contributed by atoms with Crippen LogP contribution >= 0.6 is 0 Å². The highest BCUT2D eigenvalue weighted by Gasteiger charge is 2.09. The number of Topliss-reactive ketones (excluding diaryl/α,β-unsaturated/α-hetero) is 2. The van der Waals surface area contributed by atoms with E-state index in [2.05, 4.69) is 10.3 Å². The van der Waals surface area contributed by atoms with Gasteiger partial charge in [0.25, 0.3) is 0 Å². The number of carbonyl (C=O) groups is 3. The minimum Gasteiger partial charge on any atom is -0.311 e. The molecular weight excluding hydrogens is 208 g/mol. The van der Waals surface area contributed by atoms with Crippen LogP contribution in [0.15, 0.2) is 12.1 Å². The summed E-state index contributed by atoms with van der Waals surface area (Å²) in [6.45, 7) is 4.07. The smallest absolute Gasteiger partial charge is 0.222 e. The topological polar surface area (TPSA) is 76.1 Å². The van der Waals surface area contributed by atoms with Gasteiger partial charge in [-0.15, -0.1) is 0 Å². The maximum atomic E-state index is 11.2. The second-order valence-electron chi connectivity index (χ2n) is 3.42. The van der Waals surface area contributed by atoms with Crippen molar-refractivity contribution in [2.75, 3.05) is 5.32 Å². The van der Waals surface area contributed by atoms with Gasteiger partial charge in [-0.25, -0.2) is 4.98 Å². The summed E-state index contributed by atoms with van der Waals surface area (Å²) in [5.74, 6) is -0.528. The number of aromatic nitrogens is 1. The first-order chi connectivity index (χ1) is 7.40. The van der Waals surface area contributed by atoms with Gasteiger partial charge in [0.15, 0.2) is 11.6 Å². The van der Waals surface area contributed by atoms with E-state index in [1.54, 1.807) is 0 Å². The zero-order valence-corrected chi connectivity index (χ0v) is 9.33. The molecule has 1 heterocycles. The van der Waals surface area contributed by atoms with Crippen LogP contribution in [0.3, 0.4) is 0 Å². The zero-order chi connectivity index (χ0) is 12.3. The molecule has 16 heavy (non-hydrogen) atoms. The Balaban J connectivity index is 3.23. The van der Waals surface area contributed by atoms with Crippen molar-refractivity contribution >= 4 is 23.3 Å². The van der Waals surface area contributed by atoms with Crippen LogP contribution in [0.4, 0.5) is 5.82 Å². The summed E-state index contributed by atoms with van der Waals surface area (Å²) in [6.07, 6.45) is 0. The highest BCUT2D eigenvalue weighted by atomic mass is 16.1. The molecule has 0 saturated carbocycles. The number of pyridine rings is 1. The van der Waals surface area contributed by atoms with Crippen molar-refractivity contribution in [3.05, 3.63) is 23.4 Å². The Morgan fingerprint density at radius 2 is 1.69 bits per heavy atom. The van der Waals surface area contributed by atoms with Gasteiger partial charge in [-0.05, 0) is 19.1 Å². The molecule has 5 nitrogen and oxygen atoms in total. The van der Waals surface area contributed by atoms with Crippen molar-refractivity contribution in [1.82, 2.24) is 4.98 Å². The maximum Gasteiger partial charge on any atom is 0.222 e. The third-order valence-electron chi connectivity index (χ3n) is 1.90. The maximum absolute atomic E-state index is 11.2. The standard InChI is InChI=1S/C11H12N2O3/c1-6(14)9-4-10(7(2)15)13-11(5-9)12-8(3)16/h4-5H,1-3H3,(H,12,13,16). The van der Waals surface area contributed by atoms with Gasteiger partial charge in [-0.2, -0.15) is 0 Å². The van der Waals surface area contributed by atoms with E-state index in [1.807, 2.05) is 0 Å². The first-order valence-electron chi connectivity index (χ1n) is 4.71. The first kappa shape index (κ1) is 12.0. The van der Waals surface area contributed by atoms with Gasteiger partial charge >= 0.3 is 0 Å². The normalized spacial score (nSPS) is 9.69.